The minimum absolute atomic E-state index is 0.0138. The third-order valence-corrected chi connectivity index (χ3v) is 2.01. The van der Waals surface area contributed by atoms with Crippen LogP contribution in [0.4, 0.5) is 0 Å². The fourth-order valence-corrected chi connectivity index (χ4v) is 1.03. The second kappa shape index (κ2) is 4.82. The van der Waals surface area contributed by atoms with Crippen molar-refractivity contribution >= 4 is 17.5 Å². The molecule has 0 saturated heterocycles. The Morgan fingerprint density at radius 1 is 1.69 bits per heavy atom. The first-order valence-electron chi connectivity index (χ1n) is 4.09. The molecule has 13 heavy (non-hydrogen) atoms. The number of nitrogens with zero attached hydrogens (tertiary/aromatic N) is 1. The largest absolute Gasteiger partial charge is 0.352 e. The highest BCUT2D eigenvalue weighted by molar-refractivity contribution is 6.31. The third kappa shape index (κ3) is 3.03. The van der Waals surface area contributed by atoms with E-state index in [0.29, 0.717) is 18.0 Å². The molecule has 0 radical (unpaired) electrons. The van der Waals surface area contributed by atoms with Crippen molar-refractivity contribution in [2.24, 2.45) is 0 Å². The molecule has 3 nitrogen and oxygen atoms in total. The summed E-state index contributed by atoms with van der Waals surface area (Å²) < 4.78 is 0. The van der Waals surface area contributed by atoms with Gasteiger partial charge in [-0.2, -0.15) is 0 Å². The summed E-state index contributed by atoms with van der Waals surface area (Å²) in [6, 6.07) is 1.70. The Balaban J connectivity index is 2.54. The second-order valence-electron chi connectivity index (χ2n) is 2.60. The number of hydrogen-bond acceptors (Lipinski definition) is 2. The molecular weight excluding hydrogens is 188 g/mol. The number of nitrogens with one attached hydrogen (secondary N) is 1. The minimum atomic E-state index is 0.0138. The summed E-state index contributed by atoms with van der Waals surface area (Å²) in [5.74, 6) is 0.0138. The Morgan fingerprint density at radius 2 is 2.46 bits per heavy atom. The molecule has 0 fully saturated rings. The number of amides is 1. The molecule has 0 aliphatic carbocycles. The average molecular weight is 199 g/mol. The van der Waals surface area contributed by atoms with Crippen molar-refractivity contribution in [2.75, 3.05) is 0 Å². The van der Waals surface area contributed by atoms with E-state index in [-0.39, 0.29) is 5.91 Å². The van der Waals surface area contributed by atoms with Gasteiger partial charge >= 0.3 is 0 Å². The number of halogens is 1. The van der Waals surface area contributed by atoms with E-state index in [1.807, 2.05) is 0 Å². The van der Waals surface area contributed by atoms with E-state index in [4.69, 9.17) is 11.6 Å². The van der Waals surface area contributed by atoms with Crippen LogP contribution < -0.4 is 5.32 Å². The lowest BCUT2D eigenvalue weighted by Gasteiger charge is -2.04. The molecule has 0 bridgehead atoms. The Kier molecular flexibility index (Phi) is 3.71. The summed E-state index contributed by atoms with van der Waals surface area (Å²) in [4.78, 5) is 14.8. The molecule has 0 aromatic carbocycles. The monoisotopic (exact) mass is 198 g/mol. The first-order chi connectivity index (χ1) is 6.24. The van der Waals surface area contributed by atoms with Crippen LogP contribution in [0.15, 0.2) is 18.5 Å². The molecule has 1 heterocycles. The molecule has 1 aromatic heterocycles. The molecule has 0 spiro atoms. The summed E-state index contributed by atoms with van der Waals surface area (Å²) in [6.45, 7) is 2.25. The van der Waals surface area contributed by atoms with E-state index >= 15 is 0 Å². The number of carbonyl (C=O) groups excluding carboxylic acids is 1. The lowest BCUT2D eigenvalue weighted by atomic mass is 10.3. The summed E-state index contributed by atoms with van der Waals surface area (Å²) in [5, 5.41) is 3.36. The summed E-state index contributed by atoms with van der Waals surface area (Å²) in [5.41, 5.74) is 0.839. The van der Waals surface area contributed by atoms with Gasteiger partial charge in [-0.15, -0.1) is 0 Å². The van der Waals surface area contributed by atoms with Crippen LogP contribution in [0.2, 0.25) is 5.02 Å². The zero-order chi connectivity index (χ0) is 9.68. The van der Waals surface area contributed by atoms with Crippen molar-refractivity contribution in [2.45, 2.75) is 19.9 Å². The zero-order valence-corrected chi connectivity index (χ0v) is 8.14. The third-order valence-electron chi connectivity index (χ3n) is 1.64. The van der Waals surface area contributed by atoms with Crippen molar-refractivity contribution in [1.29, 1.82) is 0 Å². The van der Waals surface area contributed by atoms with Gasteiger partial charge in [0.2, 0.25) is 5.91 Å². The average Bonchev–Trinajstić information content (AvgIpc) is 2.16. The van der Waals surface area contributed by atoms with Gasteiger partial charge in [0, 0.05) is 35.9 Å². The van der Waals surface area contributed by atoms with Crippen LogP contribution in [0.3, 0.4) is 0 Å². The van der Waals surface area contributed by atoms with Gasteiger partial charge in [-0.05, 0) is 6.07 Å². The van der Waals surface area contributed by atoms with Crippen molar-refractivity contribution in [3.05, 3.63) is 29.0 Å². The number of rotatable bonds is 3. The van der Waals surface area contributed by atoms with Gasteiger partial charge in [0.15, 0.2) is 0 Å². The van der Waals surface area contributed by atoms with Crippen LogP contribution in [0, 0.1) is 0 Å². The van der Waals surface area contributed by atoms with E-state index in [1.165, 1.54) is 0 Å². The fraction of sp³-hybridized carbons (Fsp3) is 0.333. The molecule has 70 valence electrons. The van der Waals surface area contributed by atoms with Crippen LogP contribution in [0.25, 0.3) is 0 Å². The van der Waals surface area contributed by atoms with Gasteiger partial charge in [-0.1, -0.05) is 18.5 Å². The maximum absolute atomic E-state index is 10.9. The van der Waals surface area contributed by atoms with E-state index in [9.17, 15) is 4.79 Å². The molecule has 4 heteroatoms. The predicted octanol–water partition coefficient (Wildman–Crippen LogP) is 1.76. The van der Waals surface area contributed by atoms with E-state index < -0.39 is 0 Å². The molecule has 0 aliphatic heterocycles. The van der Waals surface area contributed by atoms with Crippen LogP contribution in [-0.2, 0) is 11.3 Å². The molecule has 1 rings (SSSR count). The first kappa shape index (κ1) is 9.99. The maximum atomic E-state index is 10.9. The summed E-state index contributed by atoms with van der Waals surface area (Å²) >= 11 is 5.86. The topological polar surface area (TPSA) is 42.0 Å². The lowest BCUT2D eigenvalue weighted by Crippen LogP contribution is -2.21. The molecule has 1 N–H and O–H groups in total. The van der Waals surface area contributed by atoms with Gasteiger partial charge in [0.1, 0.15) is 0 Å². The van der Waals surface area contributed by atoms with E-state index in [2.05, 4.69) is 10.3 Å². The van der Waals surface area contributed by atoms with Crippen molar-refractivity contribution in [3.8, 4) is 0 Å². The highest BCUT2D eigenvalue weighted by Gasteiger charge is 2.01. The normalized spacial score (nSPS) is 9.69. The summed E-state index contributed by atoms with van der Waals surface area (Å²) in [7, 11) is 0. The lowest BCUT2D eigenvalue weighted by molar-refractivity contribution is -0.120. The molecule has 0 aliphatic rings. The smallest absolute Gasteiger partial charge is 0.219 e. The van der Waals surface area contributed by atoms with Crippen molar-refractivity contribution in [1.82, 2.24) is 10.3 Å². The van der Waals surface area contributed by atoms with E-state index in [0.717, 1.165) is 5.56 Å². The fourth-order valence-electron chi connectivity index (χ4n) is 0.859. The van der Waals surface area contributed by atoms with Crippen LogP contribution in [0.1, 0.15) is 18.9 Å². The van der Waals surface area contributed by atoms with Gasteiger partial charge in [0.05, 0.1) is 0 Å². The first-order valence-corrected chi connectivity index (χ1v) is 4.47. The molecule has 0 atom stereocenters. The predicted molar refractivity (Wildman–Crippen MR) is 51.4 cm³/mol. The Morgan fingerprint density at radius 3 is 3.08 bits per heavy atom. The Labute approximate surface area is 82.1 Å². The second-order valence-corrected chi connectivity index (χ2v) is 3.00. The Hall–Kier alpha value is -1.09. The highest BCUT2D eigenvalue weighted by Crippen LogP contribution is 2.12. The molecule has 1 aromatic rings. The van der Waals surface area contributed by atoms with Crippen molar-refractivity contribution in [3.63, 3.8) is 0 Å². The van der Waals surface area contributed by atoms with Gasteiger partial charge in [-0.3, -0.25) is 9.78 Å². The molecule has 1 amide bonds. The van der Waals surface area contributed by atoms with Crippen LogP contribution in [0.5, 0.6) is 0 Å². The van der Waals surface area contributed by atoms with Gasteiger partial charge in [-0.25, -0.2) is 0 Å². The number of carbonyl (C=O) groups is 1. The van der Waals surface area contributed by atoms with Crippen LogP contribution in [-0.4, -0.2) is 10.9 Å². The van der Waals surface area contributed by atoms with E-state index in [1.54, 1.807) is 25.4 Å². The number of hydrogen-bond donors (Lipinski definition) is 1. The minimum Gasteiger partial charge on any atom is -0.352 e. The Bertz CT molecular complexity index is 301. The SMILES string of the molecule is CCC(=O)NCc1cnccc1Cl. The molecule has 0 saturated carbocycles. The maximum Gasteiger partial charge on any atom is 0.219 e. The standard InChI is InChI=1S/C9H11ClN2O/c1-2-9(13)12-6-7-5-11-4-3-8(7)10/h3-5H,2,6H2,1H3,(H,12,13). The number of aromatic nitrogens is 1. The van der Waals surface area contributed by atoms with Gasteiger partial charge in [0.25, 0.3) is 0 Å². The summed E-state index contributed by atoms with van der Waals surface area (Å²) in [6.07, 6.45) is 3.75. The van der Waals surface area contributed by atoms with Crippen molar-refractivity contribution < 1.29 is 4.79 Å². The molecular formula is C9H11ClN2O. The van der Waals surface area contributed by atoms with Gasteiger partial charge < -0.3 is 5.32 Å². The highest BCUT2D eigenvalue weighted by atomic mass is 35.5. The zero-order valence-electron chi connectivity index (χ0n) is 7.38. The quantitative estimate of drug-likeness (QED) is 0.804. The van der Waals surface area contributed by atoms with Crippen LogP contribution >= 0.6 is 11.6 Å². The number of pyridine rings is 1. The molecule has 0 unspecified atom stereocenters.